The van der Waals surface area contributed by atoms with Gasteiger partial charge in [0, 0.05) is 12.1 Å². The lowest BCUT2D eigenvalue weighted by molar-refractivity contribution is -1.19. The zero-order valence-electron chi connectivity index (χ0n) is 13.0. The van der Waals surface area contributed by atoms with Crippen LogP contribution < -0.4 is 9.80 Å². The Morgan fingerprint density at radius 1 is 1.09 bits per heavy atom. The number of aliphatic hydroxyl groups is 1. The monoisotopic (exact) mass is 305 g/mol. The third-order valence-corrected chi connectivity index (χ3v) is 6.10. The summed E-state index contributed by atoms with van der Waals surface area (Å²) in [5.41, 5.74) is 1.31. The number of rotatable bonds is 2. The molecule has 1 aromatic carbocycles. The minimum Gasteiger partial charge on any atom is -0.391 e. The number of aliphatic hydroxyl groups excluding tert-OH is 1. The van der Waals surface area contributed by atoms with Crippen LogP contribution in [0.4, 0.5) is 5.69 Å². The van der Waals surface area contributed by atoms with E-state index in [-0.39, 0.29) is 27.5 Å². The minimum absolute atomic E-state index is 0.00675. The van der Waals surface area contributed by atoms with Crippen molar-refractivity contribution in [3.05, 3.63) is 39.9 Å². The van der Waals surface area contributed by atoms with Crippen LogP contribution in [-0.4, -0.2) is 42.3 Å². The number of piperidine rings is 2. The first-order valence-corrected chi connectivity index (χ1v) is 7.94. The molecule has 22 heavy (non-hydrogen) atoms. The lowest BCUT2D eigenvalue weighted by atomic mass is 9.60. The smallest absolute Gasteiger partial charge is 0.269 e. The topological polar surface area (TPSA) is 72.2 Å². The van der Waals surface area contributed by atoms with Gasteiger partial charge in [-0.15, -0.1) is 0 Å². The van der Waals surface area contributed by atoms with Gasteiger partial charge in [-0.2, -0.15) is 0 Å². The molecule has 6 heteroatoms. The molecule has 6 nitrogen and oxygen atoms in total. The van der Waals surface area contributed by atoms with E-state index >= 15 is 0 Å². The van der Waals surface area contributed by atoms with Crippen molar-refractivity contribution in [1.82, 2.24) is 0 Å². The molecule has 0 saturated carbocycles. The first-order chi connectivity index (χ1) is 10.3. The van der Waals surface area contributed by atoms with Crippen molar-refractivity contribution in [1.29, 1.82) is 0 Å². The van der Waals surface area contributed by atoms with Crippen LogP contribution in [0.25, 0.3) is 0 Å². The number of nitrogens with one attached hydrogen (secondary N) is 2. The van der Waals surface area contributed by atoms with Gasteiger partial charge in [0.25, 0.3) is 5.69 Å². The first-order valence-electron chi connectivity index (χ1n) is 7.94. The summed E-state index contributed by atoms with van der Waals surface area (Å²) in [6, 6.07) is 7.04. The highest BCUT2D eigenvalue weighted by Crippen LogP contribution is 2.39. The molecule has 3 N–H and O–H groups in total. The maximum atomic E-state index is 10.8. The Balaban J connectivity index is 1.67. The number of hydrogen-bond acceptors (Lipinski definition) is 3. The van der Waals surface area contributed by atoms with Gasteiger partial charge in [0.1, 0.15) is 0 Å². The van der Waals surface area contributed by atoms with Crippen LogP contribution in [-0.2, 0) is 0 Å². The van der Waals surface area contributed by atoms with Crippen LogP contribution in [0.1, 0.15) is 25.6 Å². The number of hydrogen-bond donors (Lipinski definition) is 3. The van der Waals surface area contributed by atoms with E-state index in [0.717, 1.165) is 26.2 Å². The van der Waals surface area contributed by atoms with Crippen molar-refractivity contribution in [2.24, 2.45) is 10.8 Å². The number of nitro benzene ring substituents is 1. The molecule has 1 aromatic rings. The summed E-state index contributed by atoms with van der Waals surface area (Å²) < 4.78 is 0. The van der Waals surface area contributed by atoms with Gasteiger partial charge in [0.05, 0.1) is 53.6 Å². The summed E-state index contributed by atoms with van der Waals surface area (Å²) in [5, 5.41) is 21.5. The Bertz CT molecular complexity index is 592. The molecule has 5 rings (SSSR count). The van der Waals surface area contributed by atoms with E-state index in [1.165, 1.54) is 15.4 Å². The molecule has 0 aliphatic carbocycles. The maximum absolute atomic E-state index is 10.8. The normalized spacial score (nSPS) is 46.0. The van der Waals surface area contributed by atoms with E-state index in [9.17, 15) is 15.2 Å². The SMILES string of the molecule is CC12C[NH+]3CC(C)(C[NH+](C1)C3c1ccc([N+](=O)[O-])cc1)C2O. The maximum Gasteiger partial charge on any atom is 0.269 e. The van der Waals surface area contributed by atoms with Crippen LogP contribution in [0.15, 0.2) is 24.3 Å². The van der Waals surface area contributed by atoms with Gasteiger partial charge >= 0.3 is 0 Å². The Kier molecular flexibility index (Phi) is 2.74. The zero-order chi connectivity index (χ0) is 15.7. The second-order valence-corrected chi connectivity index (χ2v) is 8.02. The average molecular weight is 305 g/mol. The Morgan fingerprint density at radius 3 is 1.95 bits per heavy atom. The molecule has 4 aliphatic rings. The van der Waals surface area contributed by atoms with Crippen LogP contribution in [0, 0.1) is 20.9 Å². The van der Waals surface area contributed by atoms with Gasteiger partial charge in [0.2, 0.25) is 6.17 Å². The highest BCUT2D eigenvalue weighted by molar-refractivity contribution is 5.33. The Morgan fingerprint density at radius 2 is 1.55 bits per heavy atom. The molecule has 0 radical (unpaired) electrons. The van der Waals surface area contributed by atoms with E-state index in [2.05, 4.69) is 13.8 Å². The molecule has 0 spiro atoms. The van der Waals surface area contributed by atoms with Crippen LogP contribution in [0.2, 0.25) is 0 Å². The highest BCUT2D eigenvalue weighted by Gasteiger charge is 2.67. The van der Waals surface area contributed by atoms with Crippen LogP contribution in [0.3, 0.4) is 0 Å². The molecular weight excluding hydrogens is 282 g/mol. The zero-order valence-corrected chi connectivity index (χ0v) is 13.0. The number of non-ortho nitro benzene ring substituents is 1. The molecule has 4 fully saturated rings. The summed E-state index contributed by atoms with van der Waals surface area (Å²) in [6.07, 6.45) is 0.125. The van der Waals surface area contributed by atoms with Gasteiger partial charge in [-0.05, 0) is 26.0 Å². The largest absolute Gasteiger partial charge is 0.391 e. The van der Waals surface area contributed by atoms with E-state index in [1.54, 1.807) is 12.1 Å². The molecule has 0 amide bonds. The van der Waals surface area contributed by atoms with E-state index in [4.69, 9.17) is 0 Å². The van der Waals surface area contributed by atoms with Gasteiger partial charge in [-0.25, -0.2) is 0 Å². The number of benzene rings is 1. The quantitative estimate of drug-likeness (QED) is 0.474. The second kappa shape index (κ2) is 4.28. The Hall–Kier alpha value is -1.50. The summed E-state index contributed by atoms with van der Waals surface area (Å²) in [5.74, 6) is 0. The number of quaternary nitrogens is 2. The van der Waals surface area contributed by atoms with Gasteiger partial charge < -0.3 is 5.11 Å². The molecule has 4 heterocycles. The molecule has 0 aromatic heterocycles. The van der Waals surface area contributed by atoms with Crippen LogP contribution in [0.5, 0.6) is 0 Å². The van der Waals surface area contributed by atoms with Crippen molar-refractivity contribution in [3.8, 4) is 0 Å². The fourth-order valence-corrected chi connectivity index (χ4v) is 5.51. The summed E-state index contributed by atoms with van der Waals surface area (Å²) in [7, 11) is 0. The summed E-state index contributed by atoms with van der Waals surface area (Å²) in [6.45, 7) is 8.34. The number of nitro groups is 1. The fourth-order valence-electron chi connectivity index (χ4n) is 5.51. The fraction of sp³-hybridized carbons (Fsp3) is 0.625. The Labute approximate surface area is 129 Å². The summed E-state index contributed by atoms with van der Waals surface area (Å²) >= 11 is 0. The molecule has 4 aliphatic heterocycles. The van der Waals surface area contributed by atoms with Gasteiger partial charge in [0.15, 0.2) is 0 Å². The van der Waals surface area contributed by atoms with Gasteiger partial charge in [-0.3, -0.25) is 19.9 Å². The summed E-state index contributed by atoms with van der Waals surface area (Å²) in [4.78, 5) is 13.5. The van der Waals surface area contributed by atoms with E-state index in [0.29, 0.717) is 6.17 Å². The van der Waals surface area contributed by atoms with Crippen molar-refractivity contribution in [2.75, 3.05) is 26.2 Å². The third kappa shape index (κ3) is 1.77. The third-order valence-electron chi connectivity index (χ3n) is 6.10. The molecule has 4 saturated heterocycles. The molecular formula is C16H23N3O3+2. The lowest BCUT2D eigenvalue weighted by Crippen LogP contribution is -3.41. The van der Waals surface area contributed by atoms with Crippen LogP contribution >= 0.6 is 0 Å². The van der Waals surface area contributed by atoms with Gasteiger partial charge in [-0.1, -0.05) is 0 Å². The average Bonchev–Trinajstić information content (AvgIpc) is 2.44. The first kappa shape index (κ1) is 14.1. The van der Waals surface area contributed by atoms with Crippen molar-refractivity contribution in [2.45, 2.75) is 26.1 Å². The molecule has 0 atom stereocenters. The predicted molar refractivity (Wildman–Crippen MR) is 79.5 cm³/mol. The predicted octanol–water partition coefficient (Wildman–Crippen LogP) is -1.22. The van der Waals surface area contributed by atoms with E-state index in [1.807, 2.05) is 12.1 Å². The number of nitrogens with zero attached hydrogens (tertiary/aromatic N) is 1. The molecule has 0 unspecified atom stereocenters. The lowest BCUT2D eigenvalue weighted by Gasteiger charge is -2.62. The standard InChI is InChI=1S/C16H21N3O3/c1-15-7-17-9-16(2,14(15)20)10-18(8-15)13(17)11-3-5-12(6-4-11)19(21)22/h3-6,13-14,20H,7-10H2,1-2H3/p+2. The minimum atomic E-state index is -0.348. The second-order valence-electron chi connectivity index (χ2n) is 8.02. The van der Waals surface area contributed by atoms with Crippen molar-refractivity contribution in [3.63, 3.8) is 0 Å². The van der Waals surface area contributed by atoms with Crippen molar-refractivity contribution < 1.29 is 19.8 Å². The molecule has 4 bridgehead atoms. The molecule has 118 valence electrons. The van der Waals surface area contributed by atoms with E-state index < -0.39 is 0 Å². The highest BCUT2D eigenvalue weighted by atomic mass is 16.6. The van der Waals surface area contributed by atoms with Crippen molar-refractivity contribution >= 4 is 5.69 Å².